The number of sulfonamides is 1. The van der Waals surface area contributed by atoms with Crippen LogP contribution in [-0.2, 0) is 16.6 Å². The fourth-order valence-electron chi connectivity index (χ4n) is 1.45. The number of nitrogens with one attached hydrogen (secondary N) is 2. The molecule has 0 unspecified atom stereocenters. The summed E-state index contributed by atoms with van der Waals surface area (Å²) < 4.78 is 31.1. The van der Waals surface area contributed by atoms with Crippen molar-refractivity contribution in [3.8, 4) is 0 Å². The van der Waals surface area contributed by atoms with Gasteiger partial charge in [0, 0.05) is 0 Å². The lowest BCUT2D eigenvalue weighted by atomic mass is 10.3. The molecule has 0 aliphatic heterocycles. The summed E-state index contributed by atoms with van der Waals surface area (Å²) in [5, 5.41) is 2.98. The summed E-state index contributed by atoms with van der Waals surface area (Å²) in [5.41, 5.74) is 0.790. The maximum atomic E-state index is 11.7. The van der Waals surface area contributed by atoms with Crippen LogP contribution in [0.3, 0.4) is 0 Å². The van der Waals surface area contributed by atoms with E-state index in [1.165, 1.54) is 0 Å². The van der Waals surface area contributed by atoms with Crippen LogP contribution in [0.2, 0.25) is 0 Å². The molecular formula is C11H21N3O3S. The second-order valence-electron chi connectivity index (χ2n) is 4.20. The van der Waals surface area contributed by atoms with Crippen molar-refractivity contribution in [3.05, 3.63) is 17.3 Å². The normalized spacial score (nSPS) is 11.9. The second-order valence-corrected chi connectivity index (χ2v) is 6.13. The molecular weight excluding hydrogens is 254 g/mol. The highest BCUT2D eigenvalue weighted by molar-refractivity contribution is 7.89. The standard InChI is InChI=1S/C11H21N3O3S/c1-9-10(2)17-11(14-9)8-13-18(15,16)7-5-4-6-12-3/h12-13H,4-8H2,1-3H3. The van der Waals surface area contributed by atoms with E-state index in [1.807, 2.05) is 14.0 Å². The minimum absolute atomic E-state index is 0.114. The fourth-order valence-corrected chi connectivity index (χ4v) is 2.52. The van der Waals surface area contributed by atoms with Gasteiger partial charge in [-0.25, -0.2) is 18.1 Å². The zero-order valence-corrected chi connectivity index (χ0v) is 11.9. The number of unbranched alkanes of at least 4 members (excludes halogenated alkanes) is 1. The summed E-state index contributed by atoms with van der Waals surface area (Å²) in [7, 11) is -1.39. The molecule has 1 aromatic rings. The Morgan fingerprint density at radius 3 is 2.56 bits per heavy atom. The monoisotopic (exact) mass is 275 g/mol. The molecule has 0 fully saturated rings. The average molecular weight is 275 g/mol. The van der Waals surface area contributed by atoms with Crippen LogP contribution in [-0.4, -0.2) is 32.7 Å². The van der Waals surface area contributed by atoms with Crippen LogP contribution < -0.4 is 10.0 Å². The van der Waals surface area contributed by atoms with Gasteiger partial charge in [0.05, 0.1) is 18.0 Å². The van der Waals surface area contributed by atoms with Gasteiger partial charge in [0.15, 0.2) is 0 Å². The van der Waals surface area contributed by atoms with Crippen molar-refractivity contribution in [2.24, 2.45) is 0 Å². The molecule has 18 heavy (non-hydrogen) atoms. The van der Waals surface area contributed by atoms with Crippen LogP contribution in [0.5, 0.6) is 0 Å². The average Bonchev–Trinajstić information content (AvgIpc) is 2.62. The van der Waals surface area contributed by atoms with Crippen LogP contribution in [0.1, 0.15) is 30.2 Å². The van der Waals surface area contributed by atoms with Gasteiger partial charge >= 0.3 is 0 Å². The van der Waals surface area contributed by atoms with E-state index < -0.39 is 10.0 Å². The van der Waals surface area contributed by atoms with Crippen molar-refractivity contribution in [1.82, 2.24) is 15.0 Å². The minimum Gasteiger partial charge on any atom is -0.444 e. The largest absolute Gasteiger partial charge is 0.444 e. The predicted molar refractivity (Wildman–Crippen MR) is 69.8 cm³/mol. The Hall–Kier alpha value is -0.920. The van der Waals surface area contributed by atoms with Crippen molar-refractivity contribution in [3.63, 3.8) is 0 Å². The highest BCUT2D eigenvalue weighted by Crippen LogP contribution is 2.08. The summed E-state index contributed by atoms with van der Waals surface area (Å²) in [4.78, 5) is 4.12. The Bertz CT molecular complexity index is 448. The molecule has 0 amide bonds. The maximum Gasteiger partial charge on any atom is 0.212 e. The number of oxazole rings is 1. The Kier molecular flexibility index (Phi) is 5.77. The Morgan fingerprint density at radius 1 is 1.28 bits per heavy atom. The van der Waals surface area contributed by atoms with E-state index in [4.69, 9.17) is 4.42 Å². The van der Waals surface area contributed by atoms with Gasteiger partial charge in [-0.05, 0) is 40.3 Å². The SMILES string of the molecule is CNCCCCS(=O)(=O)NCc1nc(C)c(C)o1. The van der Waals surface area contributed by atoms with Gasteiger partial charge in [0.1, 0.15) is 5.76 Å². The zero-order valence-electron chi connectivity index (χ0n) is 11.1. The first-order valence-electron chi connectivity index (χ1n) is 5.99. The Morgan fingerprint density at radius 2 is 2.00 bits per heavy atom. The Labute approximate surface area is 108 Å². The van der Waals surface area contributed by atoms with Gasteiger partial charge in [-0.2, -0.15) is 0 Å². The molecule has 104 valence electrons. The van der Waals surface area contributed by atoms with E-state index in [0.717, 1.165) is 24.4 Å². The number of rotatable bonds is 8. The molecule has 0 aliphatic rings. The molecule has 2 N–H and O–H groups in total. The molecule has 0 spiro atoms. The van der Waals surface area contributed by atoms with Crippen molar-refractivity contribution >= 4 is 10.0 Å². The molecule has 0 atom stereocenters. The quantitative estimate of drug-likeness (QED) is 0.683. The molecule has 0 saturated heterocycles. The van der Waals surface area contributed by atoms with E-state index in [9.17, 15) is 8.42 Å². The predicted octanol–water partition coefficient (Wildman–Crippen LogP) is 0.710. The molecule has 0 aliphatic carbocycles. The third kappa shape index (κ3) is 5.16. The number of hydrogen-bond acceptors (Lipinski definition) is 5. The molecule has 1 aromatic heterocycles. The van der Waals surface area contributed by atoms with Gasteiger partial charge < -0.3 is 9.73 Å². The minimum atomic E-state index is -3.24. The molecule has 0 saturated carbocycles. The lowest BCUT2D eigenvalue weighted by Gasteiger charge is -2.04. The van der Waals surface area contributed by atoms with Crippen LogP contribution >= 0.6 is 0 Å². The van der Waals surface area contributed by atoms with E-state index in [1.54, 1.807) is 6.92 Å². The molecule has 7 heteroatoms. The van der Waals surface area contributed by atoms with E-state index in [0.29, 0.717) is 12.3 Å². The van der Waals surface area contributed by atoms with Gasteiger partial charge in [-0.1, -0.05) is 0 Å². The summed E-state index contributed by atoms with van der Waals surface area (Å²) in [5.74, 6) is 1.26. The summed E-state index contributed by atoms with van der Waals surface area (Å²) in [6.45, 7) is 4.57. The van der Waals surface area contributed by atoms with Crippen LogP contribution in [0.4, 0.5) is 0 Å². The smallest absolute Gasteiger partial charge is 0.212 e. The Balaban J connectivity index is 2.37. The summed E-state index contributed by atoms with van der Waals surface area (Å²) in [6, 6.07) is 0. The van der Waals surface area contributed by atoms with E-state index >= 15 is 0 Å². The van der Waals surface area contributed by atoms with E-state index in [2.05, 4.69) is 15.0 Å². The number of nitrogens with zero attached hydrogens (tertiary/aromatic N) is 1. The third-order valence-electron chi connectivity index (χ3n) is 2.61. The van der Waals surface area contributed by atoms with Gasteiger partial charge in [0.2, 0.25) is 15.9 Å². The topological polar surface area (TPSA) is 84.2 Å². The van der Waals surface area contributed by atoms with Crippen LogP contribution in [0, 0.1) is 13.8 Å². The van der Waals surface area contributed by atoms with Crippen LogP contribution in [0.15, 0.2) is 4.42 Å². The zero-order chi connectivity index (χ0) is 13.6. The highest BCUT2D eigenvalue weighted by atomic mass is 32.2. The molecule has 1 rings (SSSR count). The highest BCUT2D eigenvalue weighted by Gasteiger charge is 2.12. The first-order valence-corrected chi connectivity index (χ1v) is 7.64. The van der Waals surface area contributed by atoms with E-state index in [-0.39, 0.29) is 12.3 Å². The number of hydrogen-bond donors (Lipinski definition) is 2. The number of aromatic nitrogens is 1. The van der Waals surface area contributed by atoms with Crippen molar-refractivity contribution in [1.29, 1.82) is 0 Å². The van der Waals surface area contributed by atoms with Gasteiger partial charge in [0.25, 0.3) is 0 Å². The first kappa shape index (κ1) is 15.1. The van der Waals surface area contributed by atoms with Crippen LogP contribution in [0.25, 0.3) is 0 Å². The molecule has 6 nitrogen and oxygen atoms in total. The third-order valence-corrected chi connectivity index (χ3v) is 4.02. The van der Waals surface area contributed by atoms with Crippen molar-refractivity contribution in [2.45, 2.75) is 33.2 Å². The molecule has 1 heterocycles. The van der Waals surface area contributed by atoms with Gasteiger partial charge in [-0.15, -0.1) is 0 Å². The second kappa shape index (κ2) is 6.86. The molecule has 0 aromatic carbocycles. The van der Waals surface area contributed by atoms with Crippen molar-refractivity contribution < 1.29 is 12.8 Å². The lowest BCUT2D eigenvalue weighted by molar-refractivity contribution is 0.462. The fraction of sp³-hybridized carbons (Fsp3) is 0.727. The summed E-state index contributed by atoms with van der Waals surface area (Å²) >= 11 is 0. The summed E-state index contributed by atoms with van der Waals surface area (Å²) in [6.07, 6.45) is 1.48. The molecule has 0 radical (unpaired) electrons. The first-order chi connectivity index (χ1) is 8.44. The molecule has 0 bridgehead atoms. The van der Waals surface area contributed by atoms with Crippen molar-refractivity contribution in [2.75, 3.05) is 19.3 Å². The number of aryl methyl sites for hydroxylation is 2. The lowest BCUT2D eigenvalue weighted by Crippen LogP contribution is -2.26. The maximum absolute atomic E-state index is 11.7. The van der Waals surface area contributed by atoms with Gasteiger partial charge in [-0.3, -0.25) is 0 Å².